The van der Waals surface area contributed by atoms with E-state index >= 15 is 0 Å². The molecule has 1 aromatic carbocycles. The molecule has 0 heterocycles. The van der Waals surface area contributed by atoms with Crippen molar-refractivity contribution in [3.63, 3.8) is 0 Å². The summed E-state index contributed by atoms with van der Waals surface area (Å²) in [6, 6.07) is 6.95. The van der Waals surface area contributed by atoms with Gasteiger partial charge in [-0.3, -0.25) is 5.73 Å². The van der Waals surface area contributed by atoms with Crippen LogP contribution in [0.2, 0.25) is 0 Å². The van der Waals surface area contributed by atoms with Crippen LogP contribution >= 0.6 is 0 Å². The van der Waals surface area contributed by atoms with E-state index < -0.39 is 11.8 Å². The molecule has 1 aliphatic carbocycles. The Balaban J connectivity index is 2.42. The summed E-state index contributed by atoms with van der Waals surface area (Å²) < 4.78 is 4.99. The minimum absolute atomic E-state index is 0.216. The van der Waals surface area contributed by atoms with E-state index in [1.54, 1.807) is 30.3 Å². The van der Waals surface area contributed by atoms with E-state index in [9.17, 15) is 10.2 Å². The summed E-state index contributed by atoms with van der Waals surface area (Å²) in [6.07, 6.45) is 1.83. The van der Waals surface area contributed by atoms with Crippen LogP contribution in [0.4, 0.5) is 5.69 Å². The van der Waals surface area contributed by atoms with Crippen molar-refractivity contribution in [3.05, 3.63) is 47.7 Å². The number of anilines is 1. The SMILES string of the molecule is COC1(N)C=CC(c2ccc(N)cc2)=C(O)C1O. The minimum atomic E-state index is -1.40. The topological polar surface area (TPSA) is 102 Å². The Morgan fingerprint density at radius 2 is 1.89 bits per heavy atom. The molecule has 2 rings (SSSR count). The highest BCUT2D eigenvalue weighted by molar-refractivity contribution is 5.78. The summed E-state index contributed by atoms with van der Waals surface area (Å²) in [4.78, 5) is 0. The van der Waals surface area contributed by atoms with E-state index in [0.29, 0.717) is 11.3 Å². The summed E-state index contributed by atoms with van der Waals surface area (Å²) >= 11 is 0. The minimum Gasteiger partial charge on any atom is -0.509 e. The zero-order valence-electron chi connectivity index (χ0n) is 10.00. The van der Waals surface area contributed by atoms with Crippen LogP contribution in [0.5, 0.6) is 0 Å². The number of hydrogen-bond donors (Lipinski definition) is 4. The third kappa shape index (κ3) is 1.99. The molecule has 1 aromatic rings. The highest BCUT2D eigenvalue weighted by Crippen LogP contribution is 2.31. The molecule has 0 bridgehead atoms. The number of nitrogens with two attached hydrogens (primary N) is 2. The van der Waals surface area contributed by atoms with E-state index in [-0.39, 0.29) is 5.76 Å². The molecule has 0 aromatic heterocycles. The molecule has 96 valence electrons. The van der Waals surface area contributed by atoms with Crippen LogP contribution < -0.4 is 11.5 Å². The number of methoxy groups -OCH3 is 1. The third-order valence-corrected chi connectivity index (χ3v) is 3.05. The molecule has 1 aliphatic rings. The van der Waals surface area contributed by atoms with Crippen LogP contribution in [0.3, 0.4) is 0 Å². The maximum absolute atomic E-state index is 10.0. The van der Waals surface area contributed by atoms with E-state index in [1.807, 2.05) is 0 Å². The van der Waals surface area contributed by atoms with E-state index in [0.717, 1.165) is 5.56 Å². The molecule has 2 atom stereocenters. The molecule has 0 amide bonds. The van der Waals surface area contributed by atoms with Crippen molar-refractivity contribution in [2.75, 3.05) is 12.8 Å². The van der Waals surface area contributed by atoms with Gasteiger partial charge in [0.05, 0.1) is 0 Å². The second-order valence-corrected chi connectivity index (χ2v) is 4.21. The number of allylic oxidation sites excluding steroid dienone is 2. The van der Waals surface area contributed by atoms with Gasteiger partial charge in [-0.1, -0.05) is 18.2 Å². The predicted molar refractivity (Wildman–Crippen MR) is 69.5 cm³/mol. The highest BCUT2D eigenvalue weighted by Gasteiger charge is 2.38. The standard InChI is InChI=1S/C13H16N2O3/c1-18-13(15)7-6-10(11(16)12(13)17)8-2-4-9(14)5-3-8/h2-7,12,16-17H,14-15H2,1H3. The average molecular weight is 248 g/mol. The fourth-order valence-corrected chi connectivity index (χ4v) is 1.84. The van der Waals surface area contributed by atoms with E-state index in [1.165, 1.54) is 13.2 Å². The quantitative estimate of drug-likeness (QED) is 0.457. The van der Waals surface area contributed by atoms with Gasteiger partial charge in [0.15, 0.2) is 11.8 Å². The number of aliphatic hydroxyl groups is 2. The van der Waals surface area contributed by atoms with Crippen LogP contribution in [0.15, 0.2) is 42.2 Å². The first-order valence-corrected chi connectivity index (χ1v) is 5.48. The number of aliphatic hydroxyl groups excluding tert-OH is 2. The molecular formula is C13H16N2O3. The van der Waals surface area contributed by atoms with Crippen molar-refractivity contribution in [1.82, 2.24) is 0 Å². The van der Waals surface area contributed by atoms with Gasteiger partial charge in [-0.25, -0.2) is 0 Å². The van der Waals surface area contributed by atoms with Gasteiger partial charge in [0.25, 0.3) is 0 Å². The van der Waals surface area contributed by atoms with Gasteiger partial charge in [-0.15, -0.1) is 0 Å². The number of benzene rings is 1. The Morgan fingerprint density at radius 3 is 2.44 bits per heavy atom. The Morgan fingerprint density at radius 1 is 1.28 bits per heavy atom. The normalized spacial score (nSPS) is 27.6. The Hall–Kier alpha value is -1.82. The molecule has 6 N–H and O–H groups in total. The highest BCUT2D eigenvalue weighted by atomic mass is 16.5. The lowest BCUT2D eigenvalue weighted by Gasteiger charge is -2.33. The first kappa shape index (κ1) is 12.6. The van der Waals surface area contributed by atoms with Crippen molar-refractivity contribution in [2.45, 2.75) is 11.8 Å². The van der Waals surface area contributed by atoms with Crippen LogP contribution in [-0.2, 0) is 4.74 Å². The first-order chi connectivity index (χ1) is 8.48. The fraction of sp³-hybridized carbons (Fsp3) is 0.231. The lowest BCUT2D eigenvalue weighted by Crippen LogP contribution is -2.53. The van der Waals surface area contributed by atoms with Crippen molar-refractivity contribution in [3.8, 4) is 0 Å². The van der Waals surface area contributed by atoms with Crippen LogP contribution in [0.1, 0.15) is 5.56 Å². The van der Waals surface area contributed by atoms with Gasteiger partial charge in [-0.2, -0.15) is 0 Å². The summed E-state index contributed by atoms with van der Waals surface area (Å²) in [6.45, 7) is 0. The number of ether oxygens (including phenoxy) is 1. The molecule has 2 unspecified atom stereocenters. The van der Waals surface area contributed by atoms with Crippen molar-refractivity contribution >= 4 is 11.3 Å². The maximum Gasteiger partial charge on any atom is 0.169 e. The Bertz CT molecular complexity index is 507. The molecule has 0 aliphatic heterocycles. The zero-order chi connectivity index (χ0) is 13.3. The predicted octanol–water partition coefficient (Wildman–Crippen LogP) is 0.770. The summed E-state index contributed by atoms with van der Waals surface area (Å²) in [7, 11) is 1.37. The van der Waals surface area contributed by atoms with Crippen molar-refractivity contribution < 1.29 is 14.9 Å². The Labute approximate surface area is 105 Å². The van der Waals surface area contributed by atoms with Crippen LogP contribution in [-0.4, -0.2) is 29.2 Å². The second-order valence-electron chi connectivity index (χ2n) is 4.21. The monoisotopic (exact) mass is 248 g/mol. The average Bonchev–Trinajstić information content (AvgIpc) is 2.38. The van der Waals surface area contributed by atoms with Crippen LogP contribution in [0.25, 0.3) is 5.57 Å². The third-order valence-electron chi connectivity index (χ3n) is 3.05. The first-order valence-electron chi connectivity index (χ1n) is 5.48. The lowest BCUT2D eigenvalue weighted by atomic mass is 9.91. The fourth-order valence-electron chi connectivity index (χ4n) is 1.84. The smallest absolute Gasteiger partial charge is 0.169 e. The van der Waals surface area contributed by atoms with Gasteiger partial charge < -0.3 is 20.7 Å². The molecule has 18 heavy (non-hydrogen) atoms. The molecule has 0 saturated heterocycles. The summed E-state index contributed by atoms with van der Waals surface area (Å²) in [5.74, 6) is -0.216. The second kappa shape index (κ2) is 4.45. The molecule has 0 radical (unpaired) electrons. The number of nitrogen functional groups attached to an aromatic ring is 1. The molecule has 0 fully saturated rings. The van der Waals surface area contributed by atoms with Gasteiger partial charge in [0.1, 0.15) is 5.76 Å². The number of hydrogen-bond acceptors (Lipinski definition) is 5. The van der Waals surface area contributed by atoms with Crippen molar-refractivity contribution in [2.24, 2.45) is 5.73 Å². The number of rotatable bonds is 2. The van der Waals surface area contributed by atoms with E-state index in [2.05, 4.69) is 0 Å². The molecule has 5 heteroatoms. The van der Waals surface area contributed by atoms with Gasteiger partial charge in [0.2, 0.25) is 0 Å². The Kier molecular flexibility index (Phi) is 3.13. The molecule has 0 saturated carbocycles. The molecule has 5 nitrogen and oxygen atoms in total. The zero-order valence-corrected chi connectivity index (χ0v) is 10.00. The van der Waals surface area contributed by atoms with Crippen LogP contribution in [0, 0.1) is 0 Å². The van der Waals surface area contributed by atoms with Crippen molar-refractivity contribution in [1.29, 1.82) is 0 Å². The molecule has 0 spiro atoms. The van der Waals surface area contributed by atoms with E-state index in [4.69, 9.17) is 16.2 Å². The lowest BCUT2D eigenvalue weighted by molar-refractivity contribution is -0.0635. The maximum atomic E-state index is 10.0. The molecular weight excluding hydrogens is 232 g/mol. The van der Waals surface area contributed by atoms with Gasteiger partial charge in [-0.05, 0) is 23.8 Å². The van der Waals surface area contributed by atoms with Gasteiger partial charge >= 0.3 is 0 Å². The largest absolute Gasteiger partial charge is 0.509 e. The van der Waals surface area contributed by atoms with Gasteiger partial charge in [0, 0.05) is 18.4 Å². The summed E-state index contributed by atoms with van der Waals surface area (Å²) in [5, 5.41) is 20.0. The summed E-state index contributed by atoms with van der Waals surface area (Å²) in [5.41, 5.74) is 11.9.